The maximum Gasteiger partial charge on any atom is 0.416 e. The number of ether oxygens (including phenoxy) is 2. The van der Waals surface area contributed by atoms with Crippen molar-refractivity contribution < 1.29 is 37.7 Å². The van der Waals surface area contributed by atoms with E-state index in [-0.39, 0.29) is 24.2 Å². The van der Waals surface area contributed by atoms with Gasteiger partial charge in [0.25, 0.3) is 0 Å². The summed E-state index contributed by atoms with van der Waals surface area (Å²) < 4.78 is 50.0. The van der Waals surface area contributed by atoms with Gasteiger partial charge in [-0.15, -0.1) is 0 Å². The number of aliphatic hydroxyl groups excluding tert-OH is 1. The average molecular weight is 398 g/mol. The molecule has 0 aliphatic heterocycles. The van der Waals surface area contributed by atoms with Crippen molar-refractivity contribution >= 4 is 5.97 Å². The molecule has 28 heavy (non-hydrogen) atoms. The number of aliphatic hydroxyl groups is 1. The number of halogens is 3. The fraction of sp³-hybridized carbons (Fsp3) is 0.350. The number of rotatable bonds is 8. The van der Waals surface area contributed by atoms with Crippen molar-refractivity contribution in [3.8, 4) is 17.2 Å². The van der Waals surface area contributed by atoms with Crippen molar-refractivity contribution in [1.82, 2.24) is 0 Å². The monoisotopic (exact) mass is 398 g/mol. The van der Waals surface area contributed by atoms with Crippen LogP contribution in [0, 0.1) is 0 Å². The van der Waals surface area contributed by atoms with Crippen molar-refractivity contribution in [2.45, 2.75) is 39.0 Å². The molecule has 0 aliphatic carbocycles. The predicted octanol–water partition coefficient (Wildman–Crippen LogP) is 4.97. The minimum atomic E-state index is -4.53. The first-order valence-corrected chi connectivity index (χ1v) is 8.66. The number of hydrogen-bond acceptors (Lipinski definition) is 4. The average Bonchev–Trinajstić information content (AvgIpc) is 2.60. The van der Waals surface area contributed by atoms with Crippen molar-refractivity contribution in [2.24, 2.45) is 0 Å². The molecule has 2 aromatic rings. The maximum atomic E-state index is 12.9. The van der Waals surface area contributed by atoms with Crippen LogP contribution in [0.2, 0.25) is 0 Å². The molecular weight excluding hydrogens is 377 g/mol. The van der Waals surface area contributed by atoms with E-state index in [4.69, 9.17) is 14.6 Å². The molecular formula is C20H21F3O5. The van der Waals surface area contributed by atoms with Crippen LogP contribution in [0.15, 0.2) is 36.4 Å². The van der Waals surface area contributed by atoms with Gasteiger partial charge in [0.15, 0.2) is 0 Å². The first-order chi connectivity index (χ1) is 13.1. The Labute approximate surface area is 160 Å². The second kappa shape index (κ2) is 8.97. The van der Waals surface area contributed by atoms with Crippen LogP contribution in [0.3, 0.4) is 0 Å². The highest BCUT2D eigenvalue weighted by Gasteiger charge is 2.31. The summed E-state index contributed by atoms with van der Waals surface area (Å²) in [5.41, 5.74) is -0.197. The fourth-order valence-corrected chi connectivity index (χ4v) is 2.61. The molecule has 0 bridgehead atoms. The Morgan fingerprint density at radius 2 is 1.86 bits per heavy atom. The maximum absolute atomic E-state index is 12.9. The lowest BCUT2D eigenvalue weighted by atomic mass is 10.0. The first-order valence-electron chi connectivity index (χ1n) is 8.66. The van der Waals surface area contributed by atoms with Crippen molar-refractivity contribution in [2.75, 3.05) is 6.61 Å². The molecule has 1 atom stereocenters. The third-order valence-corrected chi connectivity index (χ3v) is 3.96. The Hall–Kier alpha value is -2.74. The van der Waals surface area contributed by atoms with Crippen molar-refractivity contribution in [1.29, 1.82) is 0 Å². The molecule has 0 fully saturated rings. The Bertz CT molecular complexity index is 831. The van der Waals surface area contributed by atoms with E-state index >= 15 is 0 Å². The minimum absolute atomic E-state index is 0.00254. The van der Waals surface area contributed by atoms with Crippen LogP contribution >= 0.6 is 0 Å². The predicted molar refractivity (Wildman–Crippen MR) is 95.7 cm³/mol. The van der Waals surface area contributed by atoms with E-state index in [0.717, 1.165) is 18.2 Å². The number of carbonyl (C=O) groups is 1. The van der Waals surface area contributed by atoms with Crippen LogP contribution in [-0.2, 0) is 17.4 Å². The minimum Gasteiger partial charge on any atom is -0.493 e. The topological polar surface area (TPSA) is 76.0 Å². The Balaban J connectivity index is 2.34. The van der Waals surface area contributed by atoms with Crippen LogP contribution in [-0.4, -0.2) is 22.8 Å². The van der Waals surface area contributed by atoms with Gasteiger partial charge >= 0.3 is 12.1 Å². The molecule has 0 spiro atoms. The van der Waals surface area contributed by atoms with Crippen LogP contribution in [0.1, 0.15) is 43.1 Å². The molecule has 0 amide bonds. The summed E-state index contributed by atoms with van der Waals surface area (Å²) >= 11 is 0. The zero-order chi connectivity index (χ0) is 20.9. The first kappa shape index (κ1) is 21.6. The quantitative estimate of drug-likeness (QED) is 0.657. The third kappa shape index (κ3) is 5.63. The van der Waals surface area contributed by atoms with Crippen molar-refractivity contribution in [3.63, 3.8) is 0 Å². The second-order valence-electron chi connectivity index (χ2n) is 6.12. The summed E-state index contributed by atoms with van der Waals surface area (Å²) in [5.74, 6) is -0.117. The fourth-order valence-electron chi connectivity index (χ4n) is 2.61. The molecule has 2 aromatic carbocycles. The molecule has 0 saturated heterocycles. The lowest BCUT2D eigenvalue weighted by Crippen LogP contribution is -2.07. The van der Waals surface area contributed by atoms with Gasteiger partial charge in [0.05, 0.1) is 18.3 Å². The summed E-state index contributed by atoms with van der Waals surface area (Å²) in [6.45, 7) is 3.47. The summed E-state index contributed by atoms with van der Waals surface area (Å²) in [5, 5.41) is 18.7. The van der Waals surface area contributed by atoms with Crippen LogP contribution < -0.4 is 9.47 Å². The van der Waals surface area contributed by atoms with Gasteiger partial charge in [0.2, 0.25) is 0 Å². The molecule has 1 unspecified atom stereocenters. The van der Waals surface area contributed by atoms with Crippen molar-refractivity contribution in [3.05, 3.63) is 53.1 Å². The van der Waals surface area contributed by atoms with Gasteiger partial charge < -0.3 is 19.7 Å². The van der Waals surface area contributed by atoms with Gasteiger partial charge in [-0.25, -0.2) is 0 Å². The van der Waals surface area contributed by atoms with Gasteiger partial charge in [-0.2, -0.15) is 13.2 Å². The molecule has 5 nitrogen and oxygen atoms in total. The molecule has 2 rings (SSSR count). The molecule has 0 saturated carbocycles. The SMILES string of the molecule is CCOc1cc(Oc2ccc(C(F)(F)F)cc2C(C)O)ccc1CCC(=O)O. The Kier molecular flexibility index (Phi) is 6.90. The number of benzene rings is 2. The van der Waals surface area contributed by atoms with Crippen LogP contribution in [0.25, 0.3) is 0 Å². The molecule has 0 aromatic heterocycles. The summed E-state index contributed by atoms with van der Waals surface area (Å²) in [6.07, 6.45) is -5.50. The highest BCUT2D eigenvalue weighted by atomic mass is 19.4. The summed E-state index contributed by atoms with van der Waals surface area (Å²) in [7, 11) is 0. The van der Waals surface area contributed by atoms with Gasteiger partial charge in [-0.1, -0.05) is 6.07 Å². The number of carboxylic acids is 1. The lowest BCUT2D eigenvalue weighted by Gasteiger charge is -2.17. The Morgan fingerprint density at radius 3 is 2.43 bits per heavy atom. The van der Waals surface area contributed by atoms with Gasteiger partial charge in [0, 0.05) is 18.1 Å². The van der Waals surface area contributed by atoms with E-state index in [2.05, 4.69) is 0 Å². The standard InChI is InChI=1S/C20H21F3O5/c1-3-27-18-11-15(7-4-13(18)5-9-19(25)26)28-17-8-6-14(20(21,22)23)10-16(17)12(2)24/h4,6-8,10-12,24H,3,5,9H2,1-2H3,(H,25,26). The highest BCUT2D eigenvalue weighted by Crippen LogP contribution is 2.37. The van der Waals surface area contributed by atoms with Gasteiger partial charge in [-0.05, 0) is 50.1 Å². The zero-order valence-corrected chi connectivity index (χ0v) is 15.4. The molecule has 2 N–H and O–H groups in total. The Morgan fingerprint density at radius 1 is 1.14 bits per heavy atom. The normalized spacial score (nSPS) is 12.5. The van der Waals surface area contributed by atoms with E-state index in [0.29, 0.717) is 23.7 Å². The third-order valence-electron chi connectivity index (χ3n) is 3.96. The molecule has 152 valence electrons. The molecule has 0 heterocycles. The van der Waals surface area contributed by atoms with E-state index in [1.165, 1.54) is 6.92 Å². The number of aliphatic carboxylic acids is 1. The van der Waals surface area contributed by atoms with E-state index in [9.17, 15) is 23.1 Å². The van der Waals surface area contributed by atoms with Gasteiger partial charge in [0.1, 0.15) is 17.2 Å². The number of hydrogen-bond donors (Lipinski definition) is 2. The summed E-state index contributed by atoms with van der Waals surface area (Å²) in [4.78, 5) is 10.8. The van der Waals surface area contributed by atoms with E-state index in [1.807, 2.05) is 0 Å². The largest absolute Gasteiger partial charge is 0.493 e. The highest BCUT2D eigenvalue weighted by molar-refractivity contribution is 5.67. The van der Waals surface area contributed by atoms with Gasteiger partial charge in [-0.3, -0.25) is 4.79 Å². The number of carboxylic acid groups (broad SMARTS) is 1. The molecule has 0 radical (unpaired) electrons. The summed E-state index contributed by atoms with van der Waals surface area (Å²) in [6, 6.07) is 7.66. The number of alkyl halides is 3. The molecule has 8 heteroatoms. The lowest BCUT2D eigenvalue weighted by molar-refractivity contribution is -0.138. The van der Waals surface area contributed by atoms with E-state index < -0.39 is 23.8 Å². The second-order valence-corrected chi connectivity index (χ2v) is 6.12. The van der Waals surface area contributed by atoms with E-state index in [1.54, 1.807) is 25.1 Å². The van der Waals surface area contributed by atoms with Crippen LogP contribution in [0.4, 0.5) is 13.2 Å². The number of aryl methyl sites for hydroxylation is 1. The smallest absolute Gasteiger partial charge is 0.416 e. The van der Waals surface area contributed by atoms with Crippen LogP contribution in [0.5, 0.6) is 17.2 Å². The molecule has 0 aliphatic rings. The zero-order valence-electron chi connectivity index (χ0n) is 15.4.